The maximum Gasteiger partial charge on any atom is 0.198 e. The van der Waals surface area contributed by atoms with Gasteiger partial charge in [-0.25, -0.2) is 4.98 Å². The lowest BCUT2D eigenvalue weighted by molar-refractivity contribution is 0.463. The fourth-order valence-corrected chi connectivity index (χ4v) is 1.37. The van der Waals surface area contributed by atoms with E-state index < -0.39 is 0 Å². The number of aromatic hydroxyl groups is 1. The van der Waals surface area contributed by atoms with Crippen LogP contribution in [0.4, 0.5) is 0 Å². The number of aromatic nitrogens is 1. The highest BCUT2D eigenvalue weighted by Crippen LogP contribution is 2.14. The van der Waals surface area contributed by atoms with Gasteiger partial charge < -0.3 is 15.3 Å². The summed E-state index contributed by atoms with van der Waals surface area (Å²) >= 11 is 0. The first-order valence-electron chi connectivity index (χ1n) is 4.69. The van der Waals surface area contributed by atoms with Crippen molar-refractivity contribution < 1.29 is 9.52 Å². The van der Waals surface area contributed by atoms with Crippen molar-refractivity contribution in [3.8, 4) is 5.75 Å². The van der Waals surface area contributed by atoms with Crippen molar-refractivity contribution >= 4 is 0 Å². The van der Waals surface area contributed by atoms with E-state index in [9.17, 15) is 5.11 Å². The van der Waals surface area contributed by atoms with E-state index in [1.165, 1.54) is 0 Å². The van der Waals surface area contributed by atoms with Gasteiger partial charge in [-0.2, -0.15) is 0 Å². The fraction of sp³-hybridized carbons (Fsp3) is 0.182. The fourth-order valence-electron chi connectivity index (χ4n) is 1.37. The molecule has 0 aliphatic heterocycles. The zero-order valence-corrected chi connectivity index (χ0v) is 8.18. The molecule has 1 heterocycles. The highest BCUT2D eigenvalue weighted by atomic mass is 16.4. The lowest BCUT2D eigenvalue weighted by Crippen LogP contribution is -1.93. The number of nitrogens with two attached hydrogens (primary N) is 1. The standard InChI is InChI=1S/C11H12N2O2/c12-6-10-7-13-11(15-10)5-8-2-1-3-9(14)4-8/h1-4,7,14H,5-6,12H2. The zero-order chi connectivity index (χ0) is 10.7. The Bertz CT molecular complexity index is 451. The van der Waals surface area contributed by atoms with Crippen molar-refractivity contribution in [1.82, 2.24) is 4.98 Å². The quantitative estimate of drug-likeness (QED) is 0.793. The molecular formula is C11H12N2O2. The number of hydrogen-bond donors (Lipinski definition) is 2. The Kier molecular flexibility index (Phi) is 2.69. The van der Waals surface area contributed by atoms with E-state index in [1.54, 1.807) is 24.4 Å². The van der Waals surface area contributed by atoms with Crippen LogP contribution in [0.15, 0.2) is 34.9 Å². The zero-order valence-electron chi connectivity index (χ0n) is 8.18. The molecule has 15 heavy (non-hydrogen) atoms. The molecule has 78 valence electrons. The van der Waals surface area contributed by atoms with Crippen molar-refractivity contribution in [2.24, 2.45) is 5.73 Å². The SMILES string of the molecule is NCc1cnc(Cc2cccc(O)c2)o1. The predicted molar refractivity (Wildman–Crippen MR) is 55.3 cm³/mol. The molecule has 2 aromatic rings. The lowest BCUT2D eigenvalue weighted by Gasteiger charge is -1.98. The van der Waals surface area contributed by atoms with Crippen molar-refractivity contribution in [2.45, 2.75) is 13.0 Å². The summed E-state index contributed by atoms with van der Waals surface area (Å²) in [5.74, 6) is 1.53. The second-order valence-electron chi connectivity index (χ2n) is 3.27. The largest absolute Gasteiger partial charge is 0.508 e. The summed E-state index contributed by atoms with van der Waals surface area (Å²) in [5.41, 5.74) is 6.37. The molecule has 0 spiro atoms. The second kappa shape index (κ2) is 4.14. The van der Waals surface area contributed by atoms with E-state index >= 15 is 0 Å². The summed E-state index contributed by atoms with van der Waals surface area (Å²) in [6, 6.07) is 7.01. The molecule has 4 heteroatoms. The van der Waals surface area contributed by atoms with E-state index in [0.29, 0.717) is 24.6 Å². The molecular weight excluding hydrogens is 192 g/mol. The van der Waals surface area contributed by atoms with Crippen LogP contribution >= 0.6 is 0 Å². The van der Waals surface area contributed by atoms with Crippen LogP contribution in [0.1, 0.15) is 17.2 Å². The smallest absolute Gasteiger partial charge is 0.198 e. The van der Waals surface area contributed by atoms with Crippen molar-refractivity contribution in [3.63, 3.8) is 0 Å². The Balaban J connectivity index is 2.14. The van der Waals surface area contributed by atoms with Gasteiger partial charge in [0.1, 0.15) is 11.5 Å². The number of nitrogens with zero attached hydrogens (tertiary/aromatic N) is 1. The van der Waals surface area contributed by atoms with Crippen LogP contribution in [-0.4, -0.2) is 10.1 Å². The summed E-state index contributed by atoms with van der Waals surface area (Å²) in [7, 11) is 0. The molecule has 0 unspecified atom stereocenters. The van der Waals surface area contributed by atoms with Crippen LogP contribution in [0.25, 0.3) is 0 Å². The van der Waals surface area contributed by atoms with Crippen LogP contribution in [-0.2, 0) is 13.0 Å². The molecule has 0 aliphatic rings. The predicted octanol–water partition coefficient (Wildman–Crippen LogP) is 1.43. The molecule has 4 nitrogen and oxygen atoms in total. The van der Waals surface area contributed by atoms with E-state index in [4.69, 9.17) is 10.2 Å². The van der Waals surface area contributed by atoms with Gasteiger partial charge in [0.15, 0.2) is 5.89 Å². The molecule has 1 aromatic heterocycles. The van der Waals surface area contributed by atoms with Gasteiger partial charge in [0.05, 0.1) is 12.7 Å². The number of phenolic OH excluding ortho intramolecular Hbond substituents is 1. The molecule has 0 atom stereocenters. The average Bonchev–Trinajstić information content (AvgIpc) is 2.65. The Labute approximate surface area is 87.4 Å². The minimum absolute atomic E-state index is 0.248. The molecule has 2 rings (SSSR count). The highest BCUT2D eigenvalue weighted by molar-refractivity contribution is 5.28. The summed E-state index contributed by atoms with van der Waals surface area (Å²) < 4.78 is 5.36. The normalized spacial score (nSPS) is 10.5. The number of benzene rings is 1. The number of phenols is 1. The van der Waals surface area contributed by atoms with Gasteiger partial charge in [0.25, 0.3) is 0 Å². The first-order valence-corrected chi connectivity index (χ1v) is 4.69. The van der Waals surface area contributed by atoms with Crippen LogP contribution < -0.4 is 5.73 Å². The van der Waals surface area contributed by atoms with Crippen LogP contribution in [0.5, 0.6) is 5.75 Å². The second-order valence-corrected chi connectivity index (χ2v) is 3.27. The number of rotatable bonds is 3. The Morgan fingerprint density at radius 3 is 2.93 bits per heavy atom. The third kappa shape index (κ3) is 2.35. The maximum absolute atomic E-state index is 9.27. The van der Waals surface area contributed by atoms with E-state index in [0.717, 1.165) is 5.56 Å². The van der Waals surface area contributed by atoms with E-state index in [1.807, 2.05) is 6.07 Å². The molecule has 0 amide bonds. The van der Waals surface area contributed by atoms with Gasteiger partial charge in [0.2, 0.25) is 0 Å². The van der Waals surface area contributed by atoms with Gasteiger partial charge in [-0.1, -0.05) is 12.1 Å². The Morgan fingerprint density at radius 2 is 2.27 bits per heavy atom. The molecule has 0 aliphatic carbocycles. The summed E-state index contributed by atoms with van der Waals surface area (Å²) in [6.07, 6.45) is 2.19. The minimum atomic E-state index is 0.248. The Hall–Kier alpha value is -1.81. The molecule has 0 radical (unpaired) electrons. The maximum atomic E-state index is 9.27. The van der Waals surface area contributed by atoms with Crippen LogP contribution in [0, 0.1) is 0 Å². The summed E-state index contributed by atoms with van der Waals surface area (Å²) in [4.78, 5) is 4.08. The minimum Gasteiger partial charge on any atom is -0.508 e. The monoisotopic (exact) mass is 204 g/mol. The molecule has 1 aromatic carbocycles. The van der Waals surface area contributed by atoms with Crippen molar-refractivity contribution in [2.75, 3.05) is 0 Å². The number of oxazole rings is 1. The van der Waals surface area contributed by atoms with Crippen LogP contribution in [0.3, 0.4) is 0 Å². The summed E-state index contributed by atoms with van der Waals surface area (Å²) in [6.45, 7) is 0.354. The average molecular weight is 204 g/mol. The van der Waals surface area contributed by atoms with E-state index in [2.05, 4.69) is 4.98 Å². The van der Waals surface area contributed by atoms with Gasteiger partial charge in [-0.3, -0.25) is 0 Å². The van der Waals surface area contributed by atoms with Crippen molar-refractivity contribution in [3.05, 3.63) is 47.7 Å². The van der Waals surface area contributed by atoms with E-state index in [-0.39, 0.29) is 5.75 Å². The van der Waals surface area contributed by atoms with Gasteiger partial charge in [-0.15, -0.1) is 0 Å². The highest BCUT2D eigenvalue weighted by Gasteiger charge is 2.04. The van der Waals surface area contributed by atoms with Gasteiger partial charge in [0, 0.05) is 6.42 Å². The van der Waals surface area contributed by atoms with Gasteiger partial charge in [-0.05, 0) is 17.7 Å². The topological polar surface area (TPSA) is 72.3 Å². The molecule has 0 bridgehead atoms. The number of hydrogen-bond acceptors (Lipinski definition) is 4. The van der Waals surface area contributed by atoms with Crippen LogP contribution in [0.2, 0.25) is 0 Å². The molecule has 3 N–H and O–H groups in total. The molecule has 0 fully saturated rings. The lowest BCUT2D eigenvalue weighted by atomic mass is 10.1. The molecule has 0 saturated carbocycles. The Morgan fingerprint density at radius 1 is 1.40 bits per heavy atom. The third-order valence-corrected chi connectivity index (χ3v) is 2.07. The third-order valence-electron chi connectivity index (χ3n) is 2.07. The first kappa shape index (κ1) is 9.73. The van der Waals surface area contributed by atoms with Crippen molar-refractivity contribution in [1.29, 1.82) is 0 Å². The summed E-state index contributed by atoms with van der Waals surface area (Å²) in [5, 5.41) is 9.27. The first-order chi connectivity index (χ1) is 7.28. The molecule has 0 saturated heterocycles. The van der Waals surface area contributed by atoms with Gasteiger partial charge >= 0.3 is 0 Å².